The second-order valence-corrected chi connectivity index (χ2v) is 12.3. The summed E-state index contributed by atoms with van der Waals surface area (Å²) >= 11 is 1.60. The van der Waals surface area contributed by atoms with E-state index in [9.17, 15) is 19.8 Å². The average Bonchev–Trinajstić information content (AvgIpc) is 3.66. The summed E-state index contributed by atoms with van der Waals surface area (Å²) in [6.07, 6.45) is 2.14. The van der Waals surface area contributed by atoms with Crippen molar-refractivity contribution in [1.29, 1.82) is 0 Å². The number of rotatable bonds is 7. The average molecular weight is 562 g/mol. The lowest BCUT2D eigenvalue weighted by Gasteiger charge is -2.35. The molecule has 8 nitrogen and oxygen atoms in total. The first-order chi connectivity index (χ1) is 19.3. The topological polar surface area (TPSA) is 103 Å². The Morgan fingerprint density at radius 3 is 2.50 bits per heavy atom. The number of carboxylic acids is 1. The molecule has 40 heavy (non-hydrogen) atoms. The largest absolute Gasteiger partial charge is 0.488 e. The highest BCUT2D eigenvalue weighted by Crippen LogP contribution is 2.44. The molecule has 9 heteroatoms. The molecule has 4 atom stereocenters. The van der Waals surface area contributed by atoms with Crippen molar-refractivity contribution in [2.24, 2.45) is 17.8 Å². The maximum Gasteiger partial charge on any atom is 0.307 e. The number of amides is 1. The number of aliphatic hydroxyl groups excluding tert-OH is 1. The number of aromatic nitrogens is 1. The van der Waals surface area contributed by atoms with E-state index in [0.29, 0.717) is 31.7 Å². The molecule has 2 aromatic carbocycles. The van der Waals surface area contributed by atoms with Gasteiger partial charge in [-0.1, -0.05) is 17.7 Å². The molecule has 3 fully saturated rings. The number of aryl methyl sites for hydroxylation is 2. The number of hydrogen-bond donors (Lipinski definition) is 2. The van der Waals surface area contributed by atoms with Gasteiger partial charge < -0.3 is 24.7 Å². The van der Waals surface area contributed by atoms with Crippen LogP contribution in [0.1, 0.15) is 46.3 Å². The minimum Gasteiger partial charge on any atom is -0.488 e. The highest BCUT2D eigenvalue weighted by atomic mass is 32.1. The predicted molar refractivity (Wildman–Crippen MR) is 154 cm³/mol. The standard InChI is InChI=1S/C31H35N3O5S/c1-18-3-8-27(39-16-23-7-4-20(12-19(23)2)29(36)33-10-9-24(35)15-33)25(11-18)26-17-40-31(32-26)34-13-21-5-6-22(14-34)28(21)30(37)38/h3-4,7-8,11-12,17,21-22,24,28,35H,5-6,9-10,13-16H2,1-2H3,(H,37,38)/t21-,22+,24-,28?/m0/s1. The first-order valence-corrected chi connectivity index (χ1v) is 14.9. The third-order valence-corrected chi connectivity index (χ3v) is 9.62. The number of benzene rings is 2. The molecule has 3 heterocycles. The molecular weight excluding hydrogens is 526 g/mol. The SMILES string of the molecule is Cc1ccc(OCc2ccc(C(=O)N3CC[C@H](O)C3)cc2C)c(-c2csc(N3C[C@H]4CC[C@@H](C3)C4C(=O)O)n2)c1. The zero-order chi connectivity index (χ0) is 28.0. The van der Waals surface area contributed by atoms with Gasteiger partial charge in [0.25, 0.3) is 5.91 Å². The Morgan fingerprint density at radius 1 is 1.05 bits per heavy atom. The Balaban J connectivity index is 1.16. The van der Waals surface area contributed by atoms with Crippen molar-refractivity contribution in [3.63, 3.8) is 0 Å². The highest BCUT2D eigenvalue weighted by molar-refractivity contribution is 7.14. The molecule has 1 saturated carbocycles. The summed E-state index contributed by atoms with van der Waals surface area (Å²) in [5.74, 6) is 0.194. The lowest BCUT2D eigenvalue weighted by Crippen LogP contribution is -2.44. The zero-order valence-electron chi connectivity index (χ0n) is 22.9. The molecule has 3 aromatic rings. The molecule has 2 N–H and O–H groups in total. The second-order valence-electron chi connectivity index (χ2n) is 11.5. The smallest absolute Gasteiger partial charge is 0.307 e. The number of anilines is 1. The summed E-state index contributed by atoms with van der Waals surface area (Å²) < 4.78 is 6.32. The highest BCUT2D eigenvalue weighted by Gasteiger charge is 2.46. The molecule has 2 aliphatic heterocycles. The van der Waals surface area contributed by atoms with Crippen molar-refractivity contribution in [2.75, 3.05) is 31.1 Å². The number of hydrogen-bond acceptors (Lipinski definition) is 7. The molecule has 1 amide bonds. The summed E-state index contributed by atoms with van der Waals surface area (Å²) in [5.41, 5.74) is 5.51. The number of thiazole rings is 1. The number of carbonyl (C=O) groups is 2. The fourth-order valence-electron chi connectivity index (χ4n) is 6.54. The van der Waals surface area contributed by atoms with Gasteiger partial charge in [-0.3, -0.25) is 9.59 Å². The van der Waals surface area contributed by atoms with E-state index in [1.165, 1.54) is 0 Å². The maximum absolute atomic E-state index is 12.8. The van der Waals surface area contributed by atoms with E-state index in [-0.39, 0.29) is 23.7 Å². The van der Waals surface area contributed by atoms with Crippen molar-refractivity contribution in [3.05, 3.63) is 64.0 Å². The molecule has 3 aliphatic rings. The number of ether oxygens (including phenoxy) is 1. The lowest BCUT2D eigenvalue weighted by molar-refractivity contribution is -0.144. The van der Waals surface area contributed by atoms with Crippen LogP contribution in [0.15, 0.2) is 41.8 Å². The number of fused-ring (bicyclic) bond motifs is 2. The van der Waals surface area contributed by atoms with Crippen LogP contribution in [-0.4, -0.2) is 64.3 Å². The van der Waals surface area contributed by atoms with Crippen LogP contribution < -0.4 is 9.64 Å². The zero-order valence-corrected chi connectivity index (χ0v) is 23.7. The number of carboxylic acid groups (broad SMARTS) is 1. The Hall–Kier alpha value is -3.43. The van der Waals surface area contributed by atoms with Crippen molar-refractivity contribution < 1.29 is 24.5 Å². The van der Waals surface area contributed by atoms with Crippen LogP contribution in [0.3, 0.4) is 0 Å². The Kier molecular flexibility index (Phi) is 7.27. The van der Waals surface area contributed by atoms with E-state index >= 15 is 0 Å². The molecule has 1 unspecified atom stereocenters. The molecule has 0 spiro atoms. The van der Waals surface area contributed by atoms with E-state index in [4.69, 9.17) is 9.72 Å². The van der Waals surface area contributed by atoms with E-state index in [2.05, 4.69) is 16.3 Å². The molecule has 0 radical (unpaired) electrons. The number of β-amino-alcohol motifs (C(OH)–C–C–N with tert-alkyl or cyclic N) is 1. The van der Waals surface area contributed by atoms with E-state index in [1.54, 1.807) is 16.2 Å². The summed E-state index contributed by atoms with van der Waals surface area (Å²) in [6.45, 7) is 6.86. The van der Waals surface area contributed by atoms with E-state index < -0.39 is 12.1 Å². The van der Waals surface area contributed by atoms with Gasteiger partial charge in [-0.15, -0.1) is 11.3 Å². The van der Waals surface area contributed by atoms with Gasteiger partial charge in [0.05, 0.1) is 17.7 Å². The fourth-order valence-corrected chi connectivity index (χ4v) is 7.39. The first-order valence-electron chi connectivity index (χ1n) is 14.0. The summed E-state index contributed by atoms with van der Waals surface area (Å²) in [7, 11) is 0. The monoisotopic (exact) mass is 561 g/mol. The van der Waals surface area contributed by atoms with Gasteiger partial charge in [-0.2, -0.15) is 0 Å². The summed E-state index contributed by atoms with van der Waals surface area (Å²) in [5, 5.41) is 22.4. The van der Waals surface area contributed by atoms with Crippen LogP contribution in [0.25, 0.3) is 11.3 Å². The van der Waals surface area contributed by atoms with Crippen LogP contribution in [0.2, 0.25) is 0 Å². The van der Waals surface area contributed by atoms with Gasteiger partial charge >= 0.3 is 5.97 Å². The van der Waals surface area contributed by atoms with E-state index in [0.717, 1.165) is 64.8 Å². The lowest BCUT2D eigenvalue weighted by atomic mass is 9.85. The van der Waals surface area contributed by atoms with Gasteiger partial charge in [-0.05, 0) is 80.3 Å². The van der Waals surface area contributed by atoms with Crippen molar-refractivity contribution >= 4 is 28.3 Å². The molecule has 6 rings (SSSR count). The van der Waals surface area contributed by atoms with Gasteiger partial charge in [0, 0.05) is 42.7 Å². The van der Waals surface area contributed by atoms with E-state index in [1.807, 2.05) is 44.2 Å². The third kappa shape index (κ3) is 5.20. The molecule has 1 aliphatic carbocycles. The number of piperidine rings is 1. The number of aliphatic hydroxyl groups is 1. The van der Waals surface area contributed by atoms with Crippen LogP contribution >= 0.6 is 11.3 Å². The molecule has 2 bridgehead atoms. The number of aliphatic carboxylic acids is 1. The van der Waals surface area contributed by atoms with Gasteiger partial charge in [0.2, 0.25) is 0 Å². The quantitative estimate of drug-likeness (QED) is 0.429. The Morgan fingerprint density at radius 2 is 1.82 bits per heavy atom. The normalized spacial score (nSPS) is 24.0. The van der Waals surface area contributed by atoms with Crippen LogP contribution in [-0.2, 0) is 11.4 Å². The first kappa shape index (κ1) is 26.8. The summed E-state index contributed by atoms with van der Waals surface area (Å²) in [6, 6.07) is 11.8. The van der Waals surface area contributed by atoms with Crippen LogP contribution in [0.4, 0.5) is 5.13 Å². The maximum atomic E-state index is 12.8. The van der Waals surface area contributed by atoms with Crippen LogP contribution in [0.5, 0.6) is 5.75 Å². The molecule has 2 saturated heterocycles. The van der Waals surface area contributed by atoms with Gasteiger partial charge in [-0.25, -0.2) is 4.98 Å². The number of carbonyl (C=O) groups excluding carboxylic acids is 1. The Bertz CT molecular complexity index is 1420. The Labute approximate surface area is 238 Å². The fraction of sp³-hybridized carbons (Fsp3) is 0.452. The van der Waals surface area contributed by atoms with Crippen molar-refractivity contribution in [3.8, 4) is 17.0 Å². The van der Waals surface area contributed by atoms with Crippen molar-refractivity contribution in [2.45, 2.75) is 45.8 Å². The molecule has 1 aromatic heterocycles. The predicted octanol–water partition coefficient (Wildman–Crippen LogP) is 4.76. The van der Waals surface area contributed by atoms with Gasteiger partial charge in [0.1, 0.15) is 12.4 Å². The van der Waals surface area contributed by atoms with Gasteiger partial charge in [0.15, 0.2) is 5.13 Å². The molecule has 210 valence electrons. The number of likely N-dealkylation sites (tertiary alicyclic amines) is 1. The number of nitrogens with zero attached hydrogens (tertiary/aromatic N) is 3. The third-order valence-electron chi connectivity index (χ3n) is 8.72. The minimum atomic E-state index is -0.656. The second kappa shape index (κ2) is 10.9. The minimum absolute atomic E-state index is 0.0486. The summed E-state index contributed by atoms with van der Waals surface area (Å²) in [4.78, 5) is 33.5. The van der Waals surface area contributed by atoms with Crippen LogP contribution in [0, 0.1) is 31.6 Å². The molecular formula is C31H35N3O5S. The van der Waals surface area contributed by atoms with Crippen molar-refractivity contribution in [1.82, 2.24) is 9.88 Å².